The first-order chi connectivity index (χ1) is 8.29. The molecule has 1 N–H and O–H groups in total. The molecule has 1 unspecified atom stereocenters. The van der Waals surface area contributed by atoms with Gasteiger partial charge in [0.05, 0.1) is 5.01 Å². The molecule has 0 bridgehead atoms. The second kappa shape index (κ2) is 6.47. The maximum atomic E-state index is 4.38. The van der Waals surface area contributed by atoms with E-state index in [-0.39, 0.29) is 0 Å². The molecule has 0 aliphatic carbocycles. The van der Waals surface area contributed by atoms with Gasteiger partial charge in [0.2, 0.25) is 0 Å². The van der Waals surface area contributed by atoms with Crippen LogP contribution in [0, 0.1) is 0 Å². The molecule has 0 spiro atoms. The minimum Gasteiger partial charge on any atom is -0.310 e. The van der Waals surface area contributed by atoms with Crippen LogP contribution in [-0.4, -0.2) is 36.1 Å². The zero-order valence-corrected chi connectivity index (χ0v) is 11.7. The summed E-state index contributed by atoms with van der Waals surface area (Å²) in [6.07, 6.45) is 7.16. The second-order valence-electron chi connectivity index (χ2n) is 4.83. The summed E-state index contributed by atoms with van der Waals surface area (Å²) in [5, 5.41) is 4.81. The maximum absolute atomic E-state index is 4.38. The highest BCUT2D eigenvalue weighted by molar-refractivity contribution is 7.11. The summed E-state index contributed by atoms with van der Waals surface area (Å²) in [6, 6.07) is 0.724. The number of aryl methyl sites for hydroxylation is 1. The zero-order valence-electron chi connectivity index (χ0n) is 10.9. The molecule has 1 aliphatic rings. The number of nitrogens with one attached hydrogen (secondary N) is 1. The Bertz CT molecular complexity index is 337. The van der Waals surface area contributed by atoms with E-state index in [9.17, 15) is 0 Å². The first-order valence-electron chi connectivity index (χ1n) is 6.64. The third-order valence-electron chi connectivity index (χ3n) is 3.50. The largest absolute Gasteiger partial charge is 0.310 e. The minimum absolute atomic E-state index is 0.724. The standard InChI is InChI=1S/C13H23N3S/c1-3-13-15-10-12(17-13)9-14-8-11-6-4-5-7-16(11)2/h10-11,14H,3-9H2,1-2H3. The molecule has 2 rings (SSSR count). The summed E-state index contributed by atoms with van der Waals surface area (Å²) in [5.41, 5.74) is 0. The fourth-order valence-corrected chi connectivity index (χ4v) is 3.19. The van der Waals surface area contributed by atoms with Crippen LogP contribution in [0.4, 0.5) is 0 Å². The molecule has 0 amide bonds. The van der Waals surface area contributed by atoms with Gasteiger partial charge in [-0.25, -0.2) is 4.98 Å². The van der Waals surface area contributed by atoms with E-state index in [1.807, 2.05) is 17.5 Å². The Labute approximate surface area is 108 Å². The number of aromatic nitrogens is 1. The van der Waals surface area contributed by atoms with Gasteiger partial charge >= 0.3 is 0 Å². The quantitative estimate of drug-likeness (QED) is 0.872. The third kappa shape index (κ3) is 3.76. The van der Waals surface area contributed by atoms with Crippen LogP contribution in [0.1, 0.15) is 36.1 Å². The lowest BCUT2D eigenvalue weighted by atomic mass is 10.0. The van der Waals surface area contributed by atoms with Crippen molar-refractivity contribution < 1.29 is 0 Å². The van der Waals surface area contributed by atoms with Gasteiger partial charge in [0.1, 0.15) is 0 Å². The predicted octanol–water partition coefficient (Wildman–Crippen LogP) is 2.28. The Hall–Kier alpha value is -0.450. The van der Waals surface area contributed by atoms with Gasteiger partial charge in [-0.2, -0.15) is 0 Å². The SMILES string of the molecule is CCc1ncc(CNCC2CCCCN2C)s1. The molecular weight excluding hydrogens is 230 g/mol. The first kappa shape index (κ1) is 13.0. The van der Waals surface area contributed by atoms with Crippen molar-refractivity contribution in [1.82, 2.24) is 15.2 Å². The Morgan fingerprint density at radius 1 is 1.53 bits per heavy atom. The maximum Gasteiger partial charge on any atom is 0.0925 e. The highest BCUT2D eigenvalue weighted by atomic mass is 32.1. The first-order valence-corrected chi connectivity index (χ1v) is 7.45. The van der Waals surface area contributed by atoms with Gasteiger partial charge in [-0.1, -0.05) is 13.3 Å². The van der Waals surface area contributed by atoms with Gasteiger partial charge in [-0.05, 0) is 32.9 Å². The van der Waals surface area contributed by atoms with Gasteiger partial charge in [0.15, 0.2) is 0 Å². The molecule has 2 heterocycles. The van der Waals surface area contributed by atoms with E-state index >= 15 is 0 Å². The monoisotopic (exact) mass is 253 g/mol. The summed E-state index contributed by atoms with van der Waals surface area (Å²) in [4.78, 5) is 8.23. The minimum atomic E-state index is 0.724. The molecule has 3 nitrogen and oxygen atoms in total. The van der Waals surface area contributed by atoms with Gasteiger partial charge in [-0.15, -0.1) is 11.3 Å². The number of hydrogen-bond acceptors (Lipinski definition) is 4. The lowest BCUT2D eigenvalue weighted by molar-refractivity contribution is 0.181. The van der Waals surface area contributed by atoms with Crippen LogP contribution in [0.3, 0.4) is 0 Å². The lowest BCUT2D eigenvalue weighted by Crippen LogP contribution is -2.42. The Morgan fingerprint density at radius 3 is 3.12 bits per heavy atom. The fourth-order valence-electron chi connectivity index (χ4n) is 2.36. The van der Waals surface area contributed by atoms with Crippen LogP contribution in [0.5, 0.6) is 0 Å². The normalized spacial score (nSPS) is 21.9. The summed E-state index contributed by atoms with van der Waals surface area (Å²) >= 11 is 1.83. The van der Waals surface area contributed by atoms with Crippen molar-refractivity contribution >= 4 is 11.3 Å². The fraction of sp³-hybridized carbons (Fsp3) is 0.769. The molecule has 1 fully saturated rings. The molecule has 1 aromatic heterocycles. The van der Waals surface area contributed by atoms with Crippen LogP contribution in [0.2, 0.25) is 0 Å². The van der Waals surface area contributed by atoms with E-state index in [0.29, 0.717) is 0 Å². The van der Waals surface area contributed by atoms with E-state index in [2.05, 4.69) is 29.2 Å². The van der Waals surface area contributed by atoms with Gasteiger partial charge < -0.3 is 10.2 Å². The zero-order chi connectivity index (χ0) is 12.1. The van der Waals surface area contributed by atoms with Crippen molar-refractivity contribution in [2.75, 3.05) is 20.1 Å². The molecule has 1 atom stereocenters. The van der Waals surface area contributed by atoms with Crippen LogP contribution in [-0.2, 0) is 13.0 Å². The number of hydrogen-bond donors (Lipinski definition) is 1. The van der Waals surface area contributed by atoms with Gasteiger partial charge in [0, 0.05) is 30.2 Å². The van der Waals surface area contributed by atoms with Crippen LogP contribution < -0.4 is 5.32 Å². The van der Waals surface area contributed by atoms with E-state index in [1.54, 1.807) is 0 Å². The van der Waals surface area contributed by atoms with Crippen molar-refractivity contribution in [1.29, 1.82) is 0 Å². The molecule has 4 heteroatoms. The van der Waals surface area contributed by atoms with Crippen molar-refractivity contribution in [2.24, 2.45) is 0 Å². The molecule has 1 saturated heterocycles. The summed E-state index contributed by atoms with van der Waals surface area (Å²) < 4.78 is 0. The third-order valence-corrected chi connectivity index (χ3v) is 4.65. The number of piperidine rings is 1. The lowest BCUT2D eigenvalue weighted by Gasteiger charge is -2.32. The van der Waals surface area contributed by atoms with Crippen molar-refractivity contribution in [3.05, 3.63) is 16.1 Å². The molecule has 17 heavy (non-hydrogen) atoms. The highest BCUT2D eigenvalue weighted by Crippen LogP contribution is 2.15. The number of thiazole rings is 1. The topological polar surface area (TPSA) is 28.2 Å². The number of likely N-dealkylation sites (N-methyl/N-ethyl adjacent to an activating group) is 1. The number of rotatable bonds is 5. The molecule has 96 valence electrons. The Morgan fingerprint density at radius 2 is 2.41 bits per heavy atom. The average molecular weight is 253 g/mol. The number of nitrogens with zero attached hydrogens (tertiary/aromatic N) is 2. The van der Waals surface area contributed by atoms with Crippen LogP contribution in [0.25, 0.3) is 0 Å². The summed E-state index contributed by atoms with van der Waals surface area (Å²) in [5.74, 6) is 0. The number of likely N-dealkylation sites (tertiary alicyclic amines) is 1. The molecule has 1 aromatic rings. The Kier molecular flexibility index (Phi) is 4.95. The Balaban J connectivity index is 1.71. The van der Waals surface area contributed by atoms with Crippen LogP contribution in [0.15, 0.2) is 6.20 Å². The molecule has 1 aliphatic heterocycles. The van der Waals surface area contributed by atoms with Gasteiger partial charge in [-0.3, -0.25) is 0 Å². The van der Waals surface area contributed by atoms with E-state index < -0.39 is 0 Å². The van der Waals surface area contributed by atoms with Crippen molar-refractivity contribution in [3.8, 4) is 0 Å². The smallest absolute Gasteiger partial charge is 0.0925 e. The van der Waals surface area contributed by atoms with Gasteiger partial charge in [0.25, 0.3) is 0 Å². The molecule has 0 radical (unpaired) electrons. The van der Waals surface area contributed by atoms with E-state index in [1.165, 1.54) is 35.7 Å². The summed E-state index contributed by atoms with van der Waals surface area (Å²) in [7, 11) is 2.24. The van der Waals surface area contributed by atoms with Crippen molar-refractivity contribution in [3.63, 3.8) is 0 Å². The predicted molar refractivity (Wildman–Crippen MR) is 73.5 cm³/mol. The molecule has 0 saturated carbocycles. The average Bonchev–Trinajstić information content (AvgIpc) is 2.80. The van der Waals surface area contributed by atoms with E-state index in [0.717, 1.165) is 25.6 Å². The second-order valence-corrected chi connectivity index (χ2v) is 6.03. The molecular formula is C13H23N3S. The molecule has 0 aromatic carbocycles. The van der Waals surface area contributed by atoms with Crippen molar-refractivity contribution in [2.45, 2.75) is 45.2 Å². The highest BCUT2D eigenvalue weighted by Gasteiger charge is 2.17. The van der Waals surface area contributed by atoms with E-state index in [4.69, 9.17) is 0 Å². The van der Waals surface area contributed by atoms with Crippen LogP contribution >= 0.6 is 11.3 Å². The summed E-state index contributed by atoms with van der Waals surface area (Å²) in [6.45, 7) is 5.50.